The number of fused-ring (bicyclic) bond motifs is 1. The molecule has 0 spiro atoms. The molecule has 51 heavy (non-hydrogen) atoms. The van der Waals surface area contributed by atoms with E-state index >= 15 is 0 Å². The van der Waals surface area contributed by atoms with Crippen molar-refractivity contribution in [3.05, 3.63) is 58.0 Å². The van der Waals surface area contributed by atoms with Gasteiger partial charge in [0.25, 0.3) is 5.56 Å². The summed E-state index contributed by atoms with van der Waals surface area (Å²) in [6.45, 7) is 15.2. The Hall–Kier alpha value is -4.10. The molecule has 1 aliphatic heterocycles. The Labute approximate surface area is 301 Å². The monoisotopic (exact) mass is 723 g/mol. The molecule has 12 nitrogen and oxygen atoms in total. The van der Waals surface area contributed by atoms with E-state index in [0.717, 1.165) is 42.7 Å². The maximum absolute atomic E-state index is 13.5. The van der Waals surface area contributed by atoms with E-state index in [2.05, 4.69) is 24.6 Å². The molecule has 0 N–H and O–H groups in total. The zero-order valence-corrected chi connectivity index (χ0v) is 32.3. The lowest BCUT2D eigenvalue weighted by atomic mass is 10.1. The number of aromatic nitrogens is 2. The van der Waals surface area contributed by atoms with Gasteiger partial charge in [-0.25, -0.2) is 14.6 Å². The van der Waals surface area contributed by atoms with Crippen LogP contribution in [0.2, 0.25) is 25.7 Å². The van der Waals surface area contributed by atoms with Crippen molar-refractivity contribution in [1.29, 1.82) is 0 Å². The van der Waals surface area contributed by atoms with E-state index in [0.29, 0.717) is 35.9 Å². The summed E-state index contributed by atoms with van der Waals surface area (Å²) in [5.74, 6) is 0.518. The molecule has 2 atom stereocenters. The van der Waals surface area contributed by atoms with E-state index < -0.39 is 37.9 Å². The van der Waals surface area contributed by atoms with Gasteiger partial charge in [0.1, 0.15) is 42.1 Å². The van der Waals surface area contributed by atoms with Gasteiger partial charge in [-0.15, -0.1) is 0 Å². The first-order chi connectivity index (χ1) is 24.1. The SMILES string of the molecule is COC(=O)c1c(OC[C@H]2C[C@H](Oc3cc4c(ccc(=O)n4COCC[Si](C)(C)C)cn3)CN2C(=O)OC(C)(C)C)cc(C)cc1OC1CCCC1. The number of carbonyl (C=O) groups is 2. The predicted molar refractivity (Wildman–Crippen MR) is 197 cm³/mol. The molecule has 3 aromatic rings. The number of rotatable bonds is 13. The van der Waals surface area contributed by atoms with Gasteiger partial charge in [0, 0.05) is 44.8 Å². The minimum atomic E-state index is -1.29. The highest BCUT2D eigenvalue weighted by atomic mass is 28.3. The summed E-state index contributed by atoms with van der Waals surface area (Å²) >= 11 is 0. The van der Waals surface area contributed by atoms with Gasteiger partial charge < -0.3 is 28.4 Å². The molecule has 0 radical (unpaired) electrons. The average Bonchev–Trinajstić information content (AvgIpc) is 3.71. The van der Waals surface area contributed by atoms with Gasteiger partial charge in [-0.1, -0.05) is 19.6 Å². The highest BCUT2D eigenvalue weighted by Crippen LogP contribution is 2.35. The molecule has 278 valence electrons. The Balaban J connectivity index is 1.36. The van der Waals surface area contributed by atoms with Crippen molar-refractivity contribution in [2.45, 2.75) is 116 Å². The maximum Gasteiger partial charge on any atom is 0.410 e. The Bertz CT molecular complexity index is 1760. The average molecular weight is 724 g/mol. The number of hydrogen-bond acceptors (Lipinski definition) is 10. The van der Waals surface area contributed by atoms with Gasteiger partial charge in [-0.2, -0.15) is 0 Å². The molecule has 2 aliphatic rings. The van der Waals surface area contributed by atoms with E-state index in [1.165, 1.54) is 13.2 Å². The van der Waals surface area contributed by atoms with Crippen LogP contribution in [0.1, 0.15) is 68.8 Å². The highest BCUT2D eigenvalue weighted by Gasteiger charge is 2.40. The molecule has 1 saturated heterocycles. The zero-order chi connectivity index (χ0) is 36.9. The first-order valence-corrected chi connectivity index (χ1v) is 21.6. The van der Waals surface area contributed by atoms with Gasteiger partial charge in [-0.3, -0.25) is 14.3 Å². The largest absolute Gasteiger partial charge is 0.490 e. The second-order valence-corrected chi connectivity index (χ2v) is 21.4. The van der Waals surface area contributed by atoms with Crippen LogP contribution in [0, 0.1) is 6.92 Å². The van der Waals surface area contributed by atoms with Crippen molar-refractivity contribution in [3.8, 4) is 17.4 Å². The molecule has 1 saturated carbocycles. The molecule has 5 rings (SSSR count). The molecular weight excluding hydrogens is 671 g/mol. The van der Waals surface area contributed by atoms with E-state index in [1.54, 1.807) is 33.9 Å². The lowest BCUT2D eigenvalue weighted by Crippen LogP contribution is -2.42. The quantitative estimate of drug-likeness (QED) is 0.104. The summed E-state index contributed by atoms with van der Waals surface area (Å²) in [5.41, 5.74) is 0.836. The number of amides is 1. The fourth-order valence-corrected chi connectivity index (χ4v) is 7.09. The number of esters is 1. The first kappa shape index (κ1) is 38.1. The smallest absolute Gasteiger partial charge is 0.410 e. The van der Waals surface area contributed by atoms with Gasteiger partial charge in [-0.05, 0) is 83.2 Å². The Kier molecular flexibility index (Phi) is 12.0. The van der Waals surface area contributed by atoms with Crippen LogP contribution < -0.4 is 19.8 Å². The molecule has 0 bridgehead atoms. The summed E-state index contributed by atoms with van der Waals surface area (Å²) in [7, 11) is 0.0420. The fourth-order valence-electron chi connectivity index (χ4n) is 6.34. The second-order valence-electron chi connectivity index (χ2n) is 15.8. The number of hydrogen-bond donors (Lipinski definition) is 0. The number of aryl methyl sites for hydroxylation is 1. The molecular formula is C38H53N3O9Si. The summed E-state index contributed by atoms with van der Waals surface area (Å²) in [6, 6.07) is 9.14. The topological polar surface area (TPSA) is 128 Å². The minimum absolute atomic E-state index is 0.0272. The van der Waals surface area contributed by atoms with E-state index in [1.807, 2.05) is 33.8 Å². The molecule has 1 amide bonds. The maximum atomic E-state index is 13.5. The van der Waals surface area contributed by atoms with Crippen molar-refractivity contribution in [2.24, 2.45) is 0 Å². The molecule has 0 unspecified atom stereocenters. The number of ether oxygens (including phenoxy) is 6. The van der Waals surface area contributed by atoms with Crippen LogP contribution in [-0.4, -0.2) is 85.3 Å². The summed E-state index contributed by atoms with van der Waals surface area (Å²) in [5, 5.41) is 0.777. The number of pyridine rings is 2. The standard InChI is InChI=1S/C38H53N3O9Si/c1-25-17-31(35(36(43)45-5)32(18-25)48-28-11-9-10-12-28)47-23-27-19-29(22-40(27)37(44)50-38(2,3)4)49-33-20-30-26(21-39-33)13-14-34(42)41(30)24-46-15-16-51(6,7)8/h13-14,17-18,20-21,27-29H,9-12,15-16,19,22-24H2,1-8H3/t27-,29+/m1/s1. The third kappa shape index (κ3) is 10.2. The van der Waals surface area contributed by atoms with Gasteiger partial charge >= 0.3 is 12.1 Å². The van der Waals surface area contributed by atoms with Crippen LogP contribution in [0.5, 0.6) is 17.4 Å². The number of methoxy groups -OCH3 is 1. The molecule has 1 aliphatic carbocycles. The van der Waals surface area contributed by atoms with E-state index in [9.17, 15) is 14.4 Å². The number of benzene rings is 1. The van der Waals surface area contributed by atoms with E-state index in [-0.39, 0.29) is 37.1 Å². The lowest BCUT2D eigenvalue weighted by molar-refractivity contribution is 0.0174. The third-order valence-electron chi connectivity index (χ3n) is 8.98. The van der Waals surface area contributed by atoms with Crippen LogP contribution in [0.4, 0.5) is 4.79 Å². The van der Waals surface area contributed by atoms with Crippen LogP contribution in [0.3, 0.4) is 0 Å². The highest BCUT2D eigenvalue weighted by molar-refractivity contribution is 6.76. The number of nitrogens with zero attached hydrogens (tertiary/aromatic N) is 3. The van der Waals surface area contributed by atoms with Crippen LogP contribution in [-0.2, 0) is 20.9 Å². The Morgan fingerprint density at radius 1 is 1.00 bits per heavy atom. The molecule has 2 aromatic heterocycles. The normalized spacial score (nSPS) is 18.2. The zero-order valence-electron chi connectivity index (χ0n) is 31.3. The molecule has 3 heterocycles. The number of carbonyl (C=O) groups excluding carboxylic acids is 2. The van der Waals surface area contributed by atoms with Crippen LogP contribution >= 0.6 is 0 Å². The van der Waals surface area contributed by atoms with E-state index in [4.69, 9.17) is 28.4 Å². The fraction of sp³-hybridized carbons (Fsp3) is 0.579. The minimum Gasteiger partial charge on any atom is -0.490 e. The predicted octanol–water partition coefficient (Wildman–Crippen LogP) is 6.96. The van der Waals surface area contributed by atoms with Gasteiger partial charge in [0.15, 0.2) is 0 Å². The molecule has 13 heteroatoms. The van der Waals surface area contributed by atoms with Gasteiger partial charge in [0.2, 0.25) is 5.88 Å². The molecule has 2 fully saturated rings. The summed E-state index contributed by atoms with van der Waals surface area (Å²) < 4.78 is 37.4. The van der Waals surface area contributed by atoms with Crippen molar-refractivity contribution >= 4 is 31.0 Å². The van der Waals surface area contributed by atoms with Crippen molar-refractivity contribution in [3.63, 3.8) is 0 Å². The van der Waals surface area contributed by atoms with Crippen molar-refractivity contribution < 1.29 is 38.0 Å². The van der Waals surface area contributed by atoms with Crippen molar-refractivity contribution in [2.75, 3.05) is 26.9 Å². The third-order valence-corrected chi connectivity index (χ3v) is 10.7. The van der Waals surface area contributed by atoms with Crippen LogP contribution in [0.15, 0.2) is 41.3 Å². The van der Waals surface area contributed by atoms with Crippen molar-refractivity contribution in [1.82, 2.24) is 14.5 Å². The second kappa shape index (κ2) is 16.1. The summed E-state index contributed by atoms with van der Waals surface area (Å²) in [6.07, 6.45) is 5.17. The molecule has 1 aromatic carbocycles. The summed E-state index contributed by atoms with van der Waals surface area (Å²) in [4.78, 5) is 45.5. The Morgan fingerprint density at radius 3 is 2.41 bits per heavy atom. The Morgan fingerprint density at radius 2 is 1.73 bits per heavy atom. The lowest BCUT2D eigenvalue weighted by Gasteiger charge is -2.28. The van der Waals surface area contributed by atoms with Crippen LogP contribution in [0.25, 0.3) is 10.9 Å². The number of likely N-dealkylation sites (tertiary alicyclic amines) is 1. The first-order valence-electron chi connectivity index (χ1n) is 17.9. The van der Waals surface area contributed by atoms with Gasteiger partial charge in [0.05, 0.1) is 31.3 Å².